The largest absolute Gasteiger partial charge is 0.457 e. The first-order valence-corrected chi connectivity index (χ1v) is 10.2. The third-order valence-electron chi connectivity index (χ3n) is 4.68. The average molecular weight is 430 g/mol. The van der Waals surface area contributed by atoms with Crippen LogP contribution in [0.25, 0.3) is 11.1 Å². The number of nitrogens with one attached hydrogen (secondary N) is 1. The van der Waals surface area contributed by atoms with Crippen molar-refractivity contribution >= 4 is 24.2 Å². The molecule has 0 radical (unpaired) electrons. The lowest BCUT2D eigenvalue weighted by Crippen LogP contribution is -2.14. The normalized spacial score (nSPS) is 10.5. The Bertz CT molecular complexity index is 1190. The Labute approximate surface area is 185 Å². The molecule has 4 aromatic rings. The first-order chi connectivity index (χ1) is 15.1. The highest BCUT2D eigenvalue weighted by Gasteiger charge is 2.11. The van der Waals surface area contributed by atoms with Crippen LogP contribution in [0.2, 0.25) is 0 Å². The van der Waals surface area contributed by atoms with E-state index in [-0.39, 0.29) is 18.1 Å². The van der Waals surface area contributed by atoms with Crippen LogP contribution in [0.4, 0.5) is 10.1 Å². The molecule has 31 heavy (non-hydrogen) atoms. The van der Waals surface area contributed by atoms with E-state index in [1.165, 1.54) is 12.1 Å². The summed E-state index contributed by atoms with van der Waals surface area (Å²) in [5, 5.41) is 2.91. The highest BCUT2D eigenvalue weighted by molar-refractivity contribution is 7.80. The van der Waals surface area contributed by atoms with Gasteiger partial charge in [0.15, 0.2) is 0 Å². The van der Waals surface area contributed by atoms with Gasteiger partial charge in [-0.05, 0) is 47.5 Å². The molecule has 0 saturated carbocycles. The summed E-state index contributed by atoms with van der Waals surface area (Å²) in [5.41, 5.74) is 3.29. The van der Waals surface area contributed by atoms with Crippen molar-refractivity contribution in [2.45, 2.75) is 11.3 Å². The Kier molecular flexibility index (Phi) is 6.34. The zero-order valence-corrected chi connectivity index (χ0v) is 17.5. The summed E-state index contributed by atoms with van der Waals surface area (Å²) in [6.45, 7) is 0. The summed E-state index contributed by atoms with van der Waals surface area (Å²) >= 11 is 4.26. The zero-order valence-electron chi connectivity index (χ0n) is 16.6. The van der Waals surface area contributed by atoms with Gasteiger partial charge in [-0.25, -0.2) is 4.39 Å². The third kappa shape index (κ3) is 5.53. The maximum Gasteiger partial charge on any atom is 0.228 e. The molecule has 4 aromatic carbocycles. The van der Waals surface area contributed by atoms with E-state index in [0.29, 0.717) is 17.2 Å². The monoisotopic (exact) mass is 429 g/mol. The van der Waals surface area contributed by atoms with Gasteiger partial charge >= 0.3 is 0 Å². The van der Waals surface area contributed by atoms with Gasteiger partial charge in [0.2, 0.25) is 5.91 Å². The van der Waals surface area contributed by atoms with Crippen molar-refractivity contribution < 1.29 is 13.9 Å². The number of rotatable bonds is 6. The second-order valence-corrected chi connectivity index (χ2v) is 7.54. The topological polar surface area (TPSA) is 38.3 Å². The fourth-order valence-corrected chi connectivity index (χ4v) is 3.35. The van der Waals surface area contributed by atoms with Gasteiger partial charge in [0.25, 0.3) is 0 Å². The minimum absolute atomic E-state index is 0.143. The fourth-order valence-electron chi connectivity index (χ4n) is 3.20. The molecule has 1 N–H and O–H groups in total. The number of thiol groups is 1. The van der Waals surface area contributed by atoms with Crippen LogP contribution in [-0.4, -0.2) is 5.91 Å². The molecule has 0 bridgehead atoms. The van der Waals surface area contributed by atoms with Gasteiger partial charge in [0, 0.05) is 28.3 Å². The molecule has 0 spiro atoms. The fraction of sp³-hybridized carbons (Fsp3) is 0.0385. The van der Waals surface area contributed by atoms with Crippen molar-refractivity contribution in [3.63, 3.8) is 0 Å². The summed E-state index contributed by atoms with van der Waals surface area (Å²) < 4.78 is 19.6. The van der Waals surface area contributed by atoms with Gasteiger partial charge in [-0.15, -0.1) is 12.6 Å². The number of hydrogen-bond donors (Lipinski definition) is 2. The molecular weight excluding hydrogens is 409 g/mol. The SMILES string of the molecule is O=C(Cc1ccc(S)cc1)Nc1ccc(-c2ccccc2)c(Oc2cccc(F)c2)c1. The van der Waals surface area contributed by atoms with E-state index < -0.39 is 0 Å². The molecule has 0 unspecified atom stereocenters. The summed E-state index contributed by atoms with van der Waals surface area (Å²) in [4.78, 5) is 13.4. The molecule has 4 rings (SSSR count). The molecule has 0 fully saturated rings. The average Bonchev–Trinajstić information content (AvgIpc) is 2.76. The molecule has 154 valence electrons. The number of carbonyl (C=O) groups is 1. The molecule has 0 aromatic heterocycles. The van der Waals surface area contributed by atoms with Crippen molar-refractivity contribution in [2.24, 2.45) is 0 Å². The Morgan fingerprint density at radius 1 is 0.871 bits per heavy atom. The second-order valence-electron chi connectivity index (χ2n) is 7.03. The van der Waals surface area contributed by atoms with Gasteiger partial charge in [-0.3, -0.25) is 4.79 Å². The van der Waals surface area contributed by atoms with E-state index in [9.17, 15) is 9.18 Å². The van der Waals surface area contributed by atoms with Crippen LogP contribution in [-0.2, 0) is 11.2 Å². The molecule has 0 aliphatic heterocycles. The summed E-state index contributed by atoms with van der Waals surface area (Å²) in [6.07, 6.45) is 0.245. The van der Waals surface area contributed by atoms with Crippen molar-refractivity contribution in [1.29, 1.82) is 0 Å². The lowest BCUT2D eigenvalue weighted by molar-refractivity contribution is -0.115. The molecule has 0 aliphatic rings. The van der Waals surface area contributed by atoms with E-state index in [0.717, 1.165) is 21.6 Å². The van der Waals surface area contributed by atoms with Crippen molar-refractivity contribution in [1.82, 2.24) is 0 Å². The van der Waals surface area contributed by atoms with E-state index in [1.807, 2.05) is 66.7 Å². The molecule has 0 heterocycles. The van der Waals surface area contributed by atoms with Gasteiger partial charge in [-0.1, -0.05) is 48.5 Å². The van der Waals surface area contributed by atoms with Crippen molar-refractivity contribution in [3.8, 4) is 22.6 Å². The van der Waals surface area contributed by atoms with Crippen LogP contribution < -0.4 is 10.1 Å². The highest BCUT2D eigenvalue weighted by atomic mass is 32.1. The number of halogens is 1. The quantitative estimate of drug-likeness (QED) is 0.333. The Morgan fingerprint density at radius 2 is 1.65 bits per heavy atom. The molecule has 0 atom stereocenters. The maximum absolute atomic E-state index is 13.6. The van der Waals surface area contributed by atoms with E-state index in [2.05, 4.69) is 17.9 Å². The Hall–Kier alpha value is -3.57. The van der Waals surface area contributed by atoms with Gasteiger partial charge < -0.3 is 10.1 Å². The third-order valence-corrected chi connectivity index (χ3v) is 4.97. The molecule has 1 amide bonds. The molecule has 3 nitrogen and oxygen atoms in total. The van der Waals surface area contributed by atoms with Crippen LogP contribution >= 0.6 is 12.6 Å². The number of hydrogen-bond acceptors (Lipinski definition) is 3. The first-order valence-electron chi connectivity index (χ1n) is 9.77. The highest BCUT2D eigenvalue weighted by Crippen LogP contribution is 2.35. The van der Waals surface area contributed by atoms with E-state index in [4.69, 9.17) is 4.74 Å². The van der Waals surface area contributed by atoms with Crippen molar-refractivity contribution in [3.05, 3.63) is 108 Å². The summed E-state index contributed by atoms with van der Waals surface area (Å²) in [6, 6.07) is 28.6. The molecular formula is C26H20FNO2S. The van der Waals surface area contributed by atoms with Gasteiger partial charge in [-0.2, -0.15) is 0 Å². The number of ether oxygens (including phenoxy) is 1. The van der Waals surface area contributed by atoms with E-state index >= 15 is 0 Å². The van der Waals surface area contributed by atoms with Crippen LogP contribution in [0.1, 0.15) is 5.56 Å². The number of carbonyl (C=O) groups excluding carboxylic acids is 1. The smallest absolute Gasteiger partial charge is 0.228 e. The lowest BCUT2D eigenvalue weighted by Gasteiger charge is -2.14. The maximum atomic E-state index is 13.6. The predicted octanol–water partition coefficient (Wildman–Crippen LogP) is 6.75. The minimum atomic E-state index is -0.379. The Balaban J connectivity index is 1.60. The van der Waals surface area contributed by atoms with E-state index in [1.54, 1.807) is 18.2 Å². The first kappa shape index (κ1) is 20.7. The lowest BCUT2D eigenvalue weighted by atomic mass is 10.0. The minimum Gasteiger partial charge on any atom is -0.457 e. The van der Waals surface area contributed by atoms with Crippen LogP contribution in [0.15, 0.2) is 102 Å². The Morgan fingerprint density at radius 3 is 2.39 bits per heavy atom. The standard InChI is InChI=1S/C26H20FNO2S/c27-20-7-4-8-22(16-20)30-25-17-21(11-14-24(25)19-5-2-1-3-6-19)28-26(29)15-18-9-12-23(31)13-10-18/h1-14,16-17,31H,15H2,(H,28,29). The number of benzene rings is 4. The van der Waals surface area contributed by atoms with Crippen LogP contribution in [0.3, 0.4) is 0 Å². The molecule has 0 aliphatic carbocycles. The molecule has 5 heteroatoms. The van der Waals surface area contributed by atoms with Gasteiger partial charge in [0.05, 0.1) is 6.42 Å². The zero-order chi connectivity index (χ0) is 21.6. The number of amides is 1. The second kappa shape index (κ2) is 9.49. The summed E-state index contributed by atoms with van der Waals surface area (Å²) in [7, 11) is 0. The molecule has 0 saturated heterocycles. The van der Waals surface area contributed by atoms with Crippen LogP contribution in [0.5, 0.6) is 11.5 Å². The van der Waals surface area contributed by atoms with Crippen molar-refractivity contribution in [2.75, 3.05) is 5.32 Å². The summed E-state index contributed by atoms with van der Waals surface area (Å²) in [5.74, 6) is 0.382. The van der Waals surface area contributed by atoms with Crippen LogP contribution in [0, 0.1) is 5.82 Å². The number of anilines is 1. The van der Waals surface area contributed by atoms with Gasteiger partial charge in [0.1, 0.15) is 17.3 Å². The predicted molar refractivity (Wildman–Crippen MR) is 124 cm³/mol.